The van der Waals surface area contributed by atoms with Crippen LogP contribution >= 0.6 is 0 Å². The summed E-state index contributed by atoms with van der Waals surface area (Å²) in [5.41, 5.74) is -0.592. The van der Waals surface area contributed by atoms with E-state index in [-0.39, 0.29) is 10.5 Å². The molecule has 0 bridgehead atoms. The van der Waals surface area contributed by atoms with Crippen molar-refractivity contribution in [3.8, 4) is 11.3 Å². The van der Waals surface area contributed by atoms with E-state index in [0.717, 1.165) is 6.07 Å². The van der Waals surface area contributed by atoms with Crippen molar-refractivity contribution in [2.24, 2.45) is 0 Å². The van der Waals surface area contributed by atoms with Gasteiger partial charge in [-0.15, -0.1) is 5.16 Å². The zero-order valence-corrected chi connectivity index (χ0v) is 7.66. The molecular weight excluding hydrogens is 221 g/mol. The van der Waals surface area contributed by atoms with Crippen LogP contribution in [0.2, 0.25) is 0 Å². The monoisotopic (exact) mass is 225 g/mol. The van der Waals surface area contributed by atoms with E-state index in [4.69, 9.17) is 0 Å². The maximum absolute atomic E-state index is 13.3. The number of nitrogens with zero attached hydrogens (tertiary/aromatic N) is 3. The Morgan fingerprint density at radius 3 is 2.75 bits per heavy atom. The Morgan fingerprint density at radius 2 is 2.12 bits per heavy atom. The average Bonchev–Trinajstić information content (AvgIpc) is 2.61. The summed E-state index contributed by atoms with van der Waals surface area (Å²) < 4.78 is 17.4. The van der Waals surface area contributed by atoms with Crippen molar-refractivity contribution in [2.75, 3.05) is 0 Å². The van der Waals surface area contributed by atoms with Crippen molar-refractivity contribution in [3.05, 3.63) is 45.4 Å². The van der Waals surface area contributed by atoms with Gasteiger partial charge in [0.25, 0.3) is 0 Å². The zero-order valence-electron chi connectivity index (χ0n) is 7.66. The van der Waals surface area contributed by atoms with Crippen LogP contribution < -0.4 is 4.90 Å². The standard InChI is InChI=1S/C8H4FN3O4/c9-6-4-2-1-3-5(6)7-8(11(13)14)12(15)16-10-7/h1-4H. The average molecular weight is 225 g/mol. The molecule has 0 spiro atoms. The van der Waals surface area contributed by atoms with Gasteiger partial charge in [-0.1, -0.05) is 12.1 Å². The second-order valence-corrected chi connectivity index (χ2v) is 2.84. The minimum absolute atomic E-state index is 0.160. The quantitative estimate of drug-likeness (QED) is 0.432. The molecule has 0 radical (unpaired) electrons. The van der Waals surface area contributed by atoms with E-state index < -0.39 is 22.3 Å². The first-order valence-corrected chi connectivity index (χ1v) is 4.10. The van der Waals surface area contributed by atoms with E-state index in [1.165, 1.54) is 18.2 Å². The van der Waals surface area contributed by atoms with Crippen molar-refractivity contribution >= 4 is 5.82 Å². The SMILES string of the molecule is O=[N+]([O-])c1c(-c2ccccc2F)no[n+]1[O-]. The van der Waals surface area contributed by atoms with Gasteiger partial charge in [-0.3, -0.25) is 20.0 Å². The Balaban J connectivity index is 2.66. The van der Waals surface area contributed by atoms with Gasteiger partial charge in [-0.05, 0) is 12.1 Å². The van der Waals surface area contributed by atoms with Crippen LogP contribution in [0.5, 0.6) is 0 Å². The molecule has 0 atom stereocenters. The maximum atomic E-state index is 13.3. The summed E-state index contributed by atoms with van der Waals surface area (Å²) in [5, 5.41) is 24.6. The number of nitro groups is 1. The number of hydrogen-bond donors (Lipinski definition) is 0. The van der Waals surface area contributed by atoms with E-state index in [1.54, 1.807) is 0 Å². The fourth-order valence-corrected chi connectivity index (χ4v) is 1.22. The lowest BCUT2D eigenvalue weighted by Crippen LogP contribution is -2.26. The molecular formula is C8H4FN3O4. The Morgan fingerprint density at radius 1 is 1.44 bits per heavy atom. The zero-order chi connectivity index (χ0) is 11.7. The number of benzene rings is 1. The van der Waals surface area contributed by atoms with Gasteiger partial charge in [0.05, 0.1) is 5.56 Å². The largest absolute Gasteiger partial charge is 0.587 e. The summed E-state index contributed by atoms with van der Waals surface area (Å²) in [4.78, 5) is 9.20. The molecule has 0 saturated heterocycles. The third kappa shape index (κ3) is 1.45. The topological polar surface area (TPSA) is 96.1 Å². The second kappa shape index (κ2) is 3.57. The van der Waals surface area contributed by atoms with Crippen molar-refractivity contribution in [2.45, 2.75) is 0 Å². The van der Waals surface area contributed by atoms with Crippen molar-refractivity contribution < 1.29 is 18.8 Å². The molecule has 1 heterocycles. The van der Waals surface area contributed by atoms with E-state index in [1.807, 2.05) is 0 Å². The van der Waals surface area contributed by atoms with Crippen molar-refractivity contribution in [1.82, 2.24) is 5.16 Å². The van der Waals surface area contributed by atoms with Crippen LogP contribution in [0.15, 0.2) is 28.9 Å². The first kappa shape index (κ1) is 10.0. The maximum Gasteiger partial charge on any atom is 0.587 e. The minimum Gasteiger partial charge on any atom is -0.265 e. The molecule has 0 fully saturated rings. The second-order valence-electron chi connectivity index (χ2n) is 2.84. The van der Waals surface area contributed by atoms with Gasteiger partial charge < -0.3 is 0 Å². The molecule has 82 valence electrons. The van der Waals surface area contributed by atoms with Gasteiger partial charge in [0.2, 0.25) is 5.69 Å². The highest BCUT2D eigenvalue weighted by atomic mass is 19.1. The fourth-order valence-electron chi connectivity index (χ4n) is 1.22. The van der Waals surface area contributed by atoms with Gasteiger partial charge in [-0.2, -0.15) is 0 Å². The molecule has 2 aromatic rings. The molecule has 7 nitrogen and oxygen atoms in total. The van der Waals surface area contributed by atoms with Crippen LogP contribution in [-0.4, -0.2) is 10.1 Å². The summed E-state index contributed by atoms with van der Waals surface area (Å²) in [6.07, 6.45) is 0. The van der Waals surface area contributed by atoms with Crippen LogP contribution in [0.4, 0.5) is 10.2 Å². The molecule has 1 aromatic heterocycles. The molecule has 0 aliphatic carbocycles. The summed E-state index contributed by atoms with van der Waals surface area (Å²) in [7, 11) is 0. The van der Waals surface area contributed by atoms with Gasteiger partial charge in [0.15, 0.2) is 0 Å². The number of hydrogen-bond acceptors (Lipinski definition) is 5. The van der Waals surface area contributed by atoms with Gasteiger partial charge in [-0.25, -0.2) is 4.39 Å². The third-order valence-electron chi connectivity index (χ3n) is 1.89. The molecule has 1 aromatic carbocycles. The molecule has 8 heteroatoms. The number of halogens is 1. The molecule has 0 saturated carbocycles. The Labute approximate surface area is 87.4 Å². The minimum atomic E-state index is -0.981. The lowest BCUT2D eigenvalue weighted by Gasteiger charge is -1.94. The smallest absolute Gasteiger partial charge is 0.265 e. The first-order valence-electron chi connectivity index (χ1n) is 4.10. The molecule has 16 heavy (non-hydrogen) atoms. The Hall–Kier alpha value is -2.51. The van der Waals surface area contributed by atoms with E-state index in [9.17, 15) is 19.7 Å². The normalized spacial score (nSPS) is 10.3. The molecule has 0 unspecified atom stereocenters. The summed E-state index contributed by atoms with van der Waals surface area (Å²) in [6, 6.07) is 5.24. The lowest BCUT2D eigenvalue weighted by atomic mass is 10.1. The Kier molecular flexibility index (Phi) is 2.24. The number of rotatable bonds is 2. The van der Waals surface area contributed by atoms with Gasteiger partial charge in [0, 0.05) is 0 Å². The molecule has 0 N–H and O–H groups in total. The highest BCUT2D eigenvalue weighted by molar-refractivity contribution is 5.65. The molecule has 2 rings (SSSR count). The predicted molar refractivity (Wildman–Crippen MR) is 47.5 cm³/mol. The van der Waals surface area contributed by atoms with Crippen molar-refractivity contribution in [3.63, 3.8) is 0 Å². The first-order chi connectivity index (χ1) is 7.61. The highest BCUT2D eigenvalue weighted by Gasteiger charge is 2.34. The third-order valence-corrected chi connectivity index (χ3v) is 1.89. The van der Waals surface area contributed by atoms with E-state index >= 15 is 0 Å². The summed E-state index contributed by atoms with van der Waals surface area (Å²) in [5.74, 6) is -1.66. The van der Waals surface area contributed by atoms with Crippen LogP contribution in [0.3, 0.4) is 0 Å². The van der Waals surface area contributed by atoms with Crippen LogP contribution in [-0.2, 0) is 0 Å². The van der Waals surface area contributed by atoms with Gasteiger partial charge in [0.1, 0.15) is 15.6 Å². The van der Waals surface area contributed by atoms with Gasteiger partial charge >= 0.3 is 5.82 Å². The Bertz CT molecular complexity index is 554. The van der Waals surface area contributed by atoms with Crippen molar-refractivity contribution in [1.29, 1.82) is 0 Å². The number of aromatic nitrogens is 2. The molecule has 0 amide bonds. The lowest BCUT2D eigenvalue weighted by molar-refractivity contribution is -0.825. The van der Waals surface area contributed by atoms with Crippen LogP contribution in [0.25, 0.3) is 11.3 Å². The van der Waals surface area contributed by atoms with E-state index in [2.05, 4.69) is 9.79 Å². The summed E-state index contributed by atoms with van der Waals surface area (Å²) in [6.45, 7) is 0. The van der Waals surface area contributed by atoms with E-state index in [0.29, 0.717) is 0 Å². The molecule has 0 aliphatic rings. The van der Waals surface area contributed by atoms with Crippen LogP contribution in [0, 0.1) is 21.1 Å². The highest BCUT2D eigenvalue weighted by Crippen LogP contribution is 2.26. The predicted octanol–water partition coefficient (Wildman–Crippen LogP) is 1.02. The summed E-state index contributed by atoms with van der Waals surface area (Å²) >= 11 is 0. The molecule has 0 aliphatic heterocycles. The fraction of sp³-hybridized carbons (Fsp3) is 0. The van der Waals surface area contributed by atoms with Crippen LogP contribution in [0.1, 0.15) is 0 Å².